The second-order valence-electron chi connectivity index (χ2n) is 9.20. The Labute approximate surface area is 224 Å². The quantitative estimate of drug-likeness (QED) is 0.325. The van der Waals surface area contributed by atoms with Crippen molar-refractivity contribution in [2.24, 2.45) is 0 Å². The summed E-state index contributed by atoms with van der Waals surface area (Å²) < 4.78 is 15.0. The van der Waals surface area contributed by atoms with Crippen molar-refractivity contribution in [2.45, 2.75) is 39.5 Å². The van der Waals surface area contributed by atoms with Crippen LogP contribution >= 0.6 is 34.8 Å². The van der Waals surface area contributed by atoms with Crippen LogP contribution in [0.1, 0.15) is 39.8 Å². The van der Waals surface area contributed by atoms with Gasteiger partial charge in [-0.15, -0.1) is 0 Å². The predicted octanol–water partition coefficient (Wildman–Crippen LogP) is 7.15. The number of urea groups is 1. The van der Waals surface area contributed by atoms with Crippen LogP contribution in [0.2, 0.25) is 15.1 Å². The highest BCUT2D eigenvalue weighted by atomic mass is 35.5. The Morgan fingerprint density at radius 3 is 2.33 bits per heavy atom. The van der Waals surface area contributed by atoms with E-state index in [1.165, 1.54) is 17.0 Å². The van der Waals surface area contributed by atoms with E-state index < -0.39 is 17.8 Å². The van der Waals surface area contributed by atoms with Crippen molar-refractivity contribution in [1.29, 1.82) is 0 Å². The van der Waals surface area contributed by atoms with E-state index in [0.717, 1.165) is 11.8 Å². The molecule has 2 aromatic carbocycles. The number of nitrogens with zero attached hydrogens (tertiary/aromatic N) is 3. The van der Waals surface area contributed by atoms with Crippen LogP contribution < -0.4 is 10.6 Å². The number of carbonyl (C=O) groups excluding carboxylic acids is 2. The first kappa shape index (κ1) is 27.8. The second-order valence-corrected chi connectivity index (χ2v) is 10.4. The SMILES string of the molecule is CCCN(CC(=O)Nc1cc(C(C)(C)C)nn1-c1ccc(Cl)c(Cl)c1)C(=O)Nc1ccc(F)c(Cl)c1. The summed E-state index contributed by atoms with van der Waals surface area (Å²) in [5, 5.41) is 10.8. The molecule has 7 nitrogen and oxygen atoms in total. The Kier molecular flexibility index (Phi) is 8.87. The maximum Gasteiger partial charge on any atom is 0.322 e. The molecule has 0 unspecified atom stereocenters. The number of hydrogen-bond donors (Lipinski definition) is 2. The molecule has 3 rings (SSSR count). The number of carbonyl (C=O) groups is 2. The summed E-state index contributed by atoms with van der Waals surface area (Å²) in [5.74, 6) is -0.587. The summed E-state index contributed by atoms with van der Waals surface area (Å²) in [5.41, 5.74) is 1.40. The second kappa shape index (κ2) is 11.5. The molecule has 3 aromatic rings. The summed E-state index contributed by atoms with van der Waals surface area (Å²) in [4.78, 5) is 27.2. The van der Waals surface area contributed by atoms with Gasteiger partial charge in [-0.25, -0.2) is 13.9 Å². The van der Waals surface area contributed by atoms with Crippen LogP contribution in [0.5, 0.6) is 0 Å². The fraction of sp³-hybridized carbons (Fsp3) is 0.320. The highest BCUT2D eigenvalue weighted by Gasteiger charge is 2.23. The van der Waals surface area contributed by atoms with Gasteiger partial charge in [0.2, 0.25) is 5.91 Å². The van der Waals surface area contributed by atoms with E-state index in [4.69, 9.17) is 34.8 Å². The molecule has 1 aromatic heterocycles. The molecule has 0 radical (unpaired) electrons. The molecule has 0 aliphatic rings. The topological polar surface area (TPSA) is 79.3 Å². The first-order valence-corrected chi connectivity index (χ1v) is 12.4. The number of anilines is 2. The molecule has 0 fully saturated rings. The summed E-state index contributed by atoms with van der Waals surface area (Å²) in [6, 6.07) is 10.2. The average molecular weight is 555 g/mol. The van der Waals surface area contributed by atoms with Crippen molar-refractivity contribution in [3.63, 3.8) is 0 Å². The third-order valence-electron chi connectivity index (χ3n) is 5.18. The fourth-order valence-corrected chi connectivity index (χ4v) is 3.78. The predicted molar refractivity (Wildman–Crippen MR) is 143 cm³/mol. The van der Waals surface area contributed by atoms with Crippen LogP contribution in [0.15, 0.2) is 42.5 Å². The number of aromatic nitrogens is 2. The highest BCUT2D eigenvalue weighted by Crippen LogP contribution is 2.29. The summed E-state index contributed by atoms with van der Waals surface area (Å²) in [6.45, 7) is 8.03. The maximum absolute atomic E-state index is 13.4. The average Bonchev–Trinajstić information content (AvgIpc) is 3.22. The summed E-state index contributed by atoms with van der Waals surface area (Å²) in [7, 11) is 0. The normalized spacial score (nSPS) is 11.3. The van der Waals surface area contributed by atoms with E-state index in [9.17, 15) is 14.0 Å². The van der Waals surface area contributed by atoms with Gasteiger partial charge in [0, 0.05) is 23.7 Å². The van der Waals surface area contributed by atoms with Crippen LogP contribution in [-0.4, -0.2) is 39.7 Å². The standard InChI is InChI=1S/C25H27Cl3FN5O2/c1-5-10-33(24(36)30-15-6-9-20(29)19(28)11-15)14-23(35)31-22-13-21(25(2,3)4)32-34(22)16-7-8-17(26)18(27)12-16/h6-9,11-13H,5,10,14H2,1-4H3,(H,30,36)(H,31,35). The van der Waals surface area contributed by atoms with Crippen molar-refractivity contribution < 1.29 is 14.0 Å². The van der Waals surface area contributed by atoms with Crippen molar-refractivity contribution in [2.75, 3.05) is 23.7 Å². The van der Waals surface area contributed by atoms with Gasteiger partial charge in [-0.2, -0.15) is 5.10 Å². The van der Waals surface area contributed by atoms with E-state index in [2.05, 4.69) is 15.7 Å². The Morgan fingerprint density at radius 1 is 1.00 bits per heavy atom. The molecule has 0 saturated heterocycles. The molecule has 3 amide bonds. The van der Waals surface area contributed by atoms with E-state index in [0.29, 0.717) is 40.2 Å². The molecule has 0 aliphatic heterocycles. The van der Waals surface area contributed by atoms with Crippen molar-refractivity contribution >= 4 is 58.2 Å². The number of hydrogen-bond acceptors (Lipinski definition) is 3. The molecule has 0 aliphatic carbocycles. The lowest BCUT2D eigenvalue weighted by Crippen LogP contribution is -2.41. The Balaban J connectivity index is 1.81. The zero-order valence-electron chi connectivity index (χ0n) is 20.3. The number of benzene rings is 2. The molecular weight excluding hydrogens is 528 g/mol. The van der Waals surface area contributed by atoms with Crippen molar-refractivity contribution in [3.05, 3.63) is 69.0 Å². The van der Waals surface area contributed by atoms with Crippen molar-refractivity contribution in [1.82, 2.24) is 14.7 Å². The van der Waals surface area contributed by atoms with Gasteiger partial charge in [0.25, 0.3) is 0 Å². The third kappa shape index (κ3) is 6.90. The molecule has 2 N–H and O–H groups in total. The number of nitrogens with one attached hydrogen (secondary N) is 2. The zero-order chi connectivity index (χ0) is 26.6. The molecule has 0 bridgehead atoms. The molecule has 0 atom stereocenters. The van der Waals surface area contributed by atoms with Gasteiger partial charge in [-0.05, 0) is 42.8 Å². The van der Waals surface area contributed by atoms with Gasteiger partial charge >= 0.3 is 6.03 Å². The summed E-state index contributed by atoms with van der Waals surface area (Å²) >= 11 is 18.1. The van der Waals surface area contributed by atoms with Gasteiger partial charge in [0.05, 0.1) is 26.4 Å². The number of rotatable bonds is 7. The monoisotopic (exact) mass is 553 g/mol. The van der Waals surface area contributed by atoms with Crippen molar-refractivity contribution in [3.8, 4) is 5.69 Å². The largest absolute Gasteiger partial charge is 0.322 e. The minimum absolute atomic E-state index is 0.113. The highest BCUT2D eigenvalue weighted by molar-refractivity contribution is 6.42. The summed E-state index contributed by atoms with van der Waals surface area (Å²) in [6.07, 6.45) is 0.625. The van der Waals surface area contributed by atoms with Gasteiger partial charge in [-0.3, -0.25) is 4.79 Å². The van der Waals surface area contributed by atoms with Gasteiger partial charge in [0.1, 0.15) is 18.2 Å². The molecule has 192 valence electrons. The molecule has 1 heterocycles. The van der Waals surface area contributed by atoms with E-state index in [-0.39, 0.29) is 17.0 Å². The van der Waals surface area contributed by atoms with Gasteiger partial charge in [0.15, 0.2) is 0 Å². The van der Waals surface area contributed by atoms with Crippen LogP contribution in [0.4, 0.5) is 20.7 Å². The zero-order valence-corrected chi connectivity index (χ0v) is 22.6. The minimum atomic E-state index is -0.590. The Bertz CT molecular complexity index is 1270. The molecular formula is C25H27Cl3FN5O2. The lowest BCUT2D eigenvalue weighted by atomic mass is 9.92. The molecule has 0 saturated carbocycles. The maximum atomic E-state index is 13.4. The first-order chi connectivity index (χ1) is 16.9. The number of amides is 3. The first-order valence-electron chi connectivity index (χ1n) is 11.3. The van der Waals surface area contributed by atoms with Gasteiger partial charge < -0.3 is 15.5 Å². The van der Waals surface area contributed by atoms with Gasteiger partial charge in [-0.1, -0.05) is 62.5 Å². The van der Waals surface area contributed by atoms with E-state index in [1.807, 2.05) is 27.7 Å². The molecule has 0 spiro atoms. The lowest BCUT2D eigenvalue weighted by Gasteiger charge is -2.22. The van der Waals surface area contributed by atoms with Crippen LogP contribution in [0.3, 0.4) is 0 Å². The van der Waals surface area contributed by atoms with Crippen LogP contribution in [0, 0.1) is 5.82 Å². The molecule has 11 heteroatoms. The lowest BCUT2D eigenvalue weighted by molar-refractivity contribution is -0.116. The Hall–Kier alpha value is -2.81. The third-order valence-corrected chi connectivity index (χ3v) is 6.21. The molecule has 36 heavy (non-hydrogen) atoms. The smallest absolute Gasteiger partial charge is 0.315 e. The van der Waals surface area contributed by atoms with Crippen LogP contribution in [-0.2, 0) is 10.2 Å². The van der Waals surface area contributed by atoms with E-state index in [1.54, 1.807) is 28.9 Å². The fourth-order valence-electron chi connectivity index (χ4n) is 3.30. The minimum Gasteiger partial charge on any atom is -0.315 e. The number of halogens is 4. The Morgan fingerprint density at radius 2 is 1.72 bits per heavy atom. The van der Waals surface area contributed by atoms with E-state index >= 15 is 0 Å². The van der Waals surface area contributed by atoms with Crippen LogP contribution in [0.25, 0.3) is 5.69 Å².